The Morgan fingerprint density at radius 1 is 1.31 bits per heavy atom. The summed E-state index contributed by atoms with van der Waals surface area (Å²) >= 11 is 0. The normalized spacial score (nSPS) is 11.5. The molecule has 1 aromatic carbocycles. The van der Waals surface area contributed by atoms with Gasteiger partial charge in [-0.25, -0.2) is 0 Å². The molecule has 0 unspecified atom stereocenters. The highest BCUT2D eigenvalue weighted by molar-refractivity contribution is 5.85. The third-order valence-electron chi connectivity index (χ3n) is 1.91. The van der Waals surface area contributed by atoms with Crippen LogP contribution in [0.15, 0.2) is 41.0 Å². The van der Waals surface area contributed by atoms with Crippen LogP contribution >= 0.6 is 0 Å². The van der Waals surface area contributed by atoms with Gasteiger partial charge in [0, 0.05) is 10.9 Å². The lowest BCUT2D eigenvalue weighted by atomic mass is 10.1. The minimum Gasteiger partial charge on any atom is -0.464 e. The summed E-state index contributed by atoms with van der Waals surface area (Å²) in [5.74, 6) is 0. The van der Waals surface area contributed by atoms with Crippen LogP contribution in [-0.4, -0.2) is 11.7 Å². The van der Waals surface area contributed by atoms with Gasteiger partial charge in [-0.1, -0.05) is 30.4 Å². The number of hydrogen-bond acceptors (Lipinski definition) is 2. The van der Waals surface area contributed by atoms with Crippen LogP contribution in [0.3, 0.4) is 0 Å². The van der Waals surface area contributed by atoms with Crippen LogP contribution in [0.1, 0.15) is 5.56 Å². The summed E-state index contributed by atoms with van der Waals surface area (Å²) in [5, 5.41) is 9.72. The van der Waals surface area contributed by atoms with Crippen molar-refractivity contribution in [2.45, 2.75) is 0 Å². The molecule has 0 fully saturated rings. The molecule has 0 amide bonds. The van der Waals surface area contributed by atoms with E-state index in [0.717, 1.165) is 16.5 Å². The lowest BCUT2D eigenvalue weighted by Crippen LogP contribution is -1.75. The Hall–Kier alpha value is -1.54. The molecule has 2 heteroatoms. The first-order valence-electron chi connectivity index (χ1n) is 4.15. The highest BCUT2D eigenvalue weighted by Gasteiger charge is 1.99. The molecule has 0 radical (unpaired) electrons. The van der Waals surface area contributed by atoms with Gasteiger partial charge in [-0.2, -0.15) is 0 Å². The maximum atomic E-state index is 8.63. The zero-order valence-electron chi connectivity index (χ0n) is 7.10. The van der Waals surface area contributed by atoms with Crippen molar-refractivity contribution in [2.75, 3.05) is 6.61 Å². The van der Waals surface area contributed by atoms with Gasteiger partial charge in [0.15, 0.2) is 0 Å². The van der Waals surface area contributed by atoms with Crippen molar-refractivity contribution >= 4 is 17.0 Å². The average Bonchev–Trinajstić information content (AvgIpc) is 2.62. The molecule has 0 bridgehead atoms. The van der Waals surface area contributed by atoms with Crippen molar-refractivity contribution in [1.29, 1.82) is 0 Å². The standard InChI is InChI=1S/C11H10O2/c12-7-2-5-9-3-1-4-10-6-8-13-11(9)10/h1-6,8,12H,7H2/b5-2+. The number of aliphatic hydroxyl groups excluding tert-OH is 1. The molecule has 2 rings (SSSR count). The molecule has 0 aliphatic rings. The molecule has 0 saturated carbocycles. The summed E-state index contributed by atoms with van der Waals surface area (Å²) in [7, 11) is 0. The second-order valence-corrected chi connectivity index (χ2v) is 2.77. The Morgan fingerprint density at radius 2 is 2.23 bits per heavy atom. The number of furan rings is 1. The molecular weight excluding hydrogens is 164 g/mol. The van der Waals surface area contributed by atoms with E-state index in [4.69, 9.17) is 9.52 Å². The van der Waals surface area contributed by atoms with Gasteiger partial charge in [0.25, 0.3) is 0 Å². The van der Waals surface area contributed by atoms with Gasteiger partial charge in [0.2, 0.25) is 0 Å². The van der Waals surface area contributed by atoms with Crippen molar-refractivity contribution in [1.82, 2.24) is 0 Å². The monoisotopic (exact) mass is 174 g/mol. The van der Waals surface area contributed by atoms with E-state index in [-0.39, 0.29) is 6.61 Å². The van der Waals surface area contributed by atoms with E-state index in [9.17, 15) is 0 Å². The Bertz CT molecular complexity index is 426. The van der Waals surface area contributed by atoms with Crippen LogP contribution in [0.5, 0.6) is 0 Å². The largest absolute Gasteiger partial charge is 0.464 e. The summed E-state index contributed by atoms with van der Waals surface area (Å²) in [4.78, 5) is 0. The van der Waals surface area contributed by atoms with E-state index in [1.165, 1.54) is 0 Å². The van der Waals surface area contributed by atoms with Crippen molar-refractivity contribution in [3.63, 3.8) is 0 Å². The summed E-state index contributed by atoms with van der Waals surface area (Å²) in [6, 6.07) is 7.84. The number of fused-ring (bicyclic) bond motifs is 1. The van der Waals surface area contributed by atoms with E-state index in [1.807, 2.05) is 30.3 Å². The second-order valence-electron chi connectivity index (χ2n) is 2.77. The molecule has 66 valence electrons. The number of rotatable bonds is 2. The van der Waals surface area contributed by atoms with Crippen molar-refractivity contribution in [3.05, 3.63) is 42.2 Å². The van der Waals surface area contributed by atoms with Crippen LogP contribution in [0.25, 0.3) is 17.0 Å². The molecule has 0 spiro atoms. The van der Waals surface area contributed by atoms with E-state index in [2.05, 4.69) is 0 Å². The first-order valence-corrected chi connectivity index (χ1v) is 4.15. The van der Waals surface area contributed by atoms with E-state index < -0.39 is 0 Å². The number of para-hydroxylation sites is 1. The molecule has 13 heavy (non-hydrogen) atoms. The Morgan fingerprint density at radius 3 is 3.08 bits per heavy atom. The van der Waals surface area contributed by atoms with Crippen molar-refractivity contribution in [3.8, 4) is 0 Å². The Kier molecular flexibility index (Phi) is 2.15. The Labute approximate surface area is 76.1 Å². The van der Waals surface area contributed by atoms with E-state index >= 15 is 0 Å². The van der Waals surface area contributed by atoms with Crippen molar-refractivity contribution in [2.24, 2.45) is 0 Å². The van der Waals surface area contributed by atoms with Crippen LogP contribution in [-0.2, 0) is 0 Å². The number of aliphatic hydroxyl groups is 1. The summed E-state index contributed by atoms with van der Waals surface area (Å²) in [6.45, 7) is 0.0527. The highest BCUT2D eigenvalue weighted by atomic mass is 16.3. The predicted octanol–water partition coefficient (Wildman–Crippen LogP) is 2.44. The molecule has 2 nitrogen and oxygen atoms in total. The maximum absolute atomic E-state index is 8.63. The lowest BCUT2D eigenvalue weighted by Gasteiger charge is -1.93. The first kappa shape index (κ1) is 8.08. The fraction of sp³-hybridized carbons (Fsp3) is 0.0909. The zero-order valence-corrected chi connectivity index (χ0v) is 7.10. The molecule has 0 aliphatic carbocycles. The van der Waals surface area contributed by atoms with Gasteiger partial charge in [-0.3, -0.25) is 0 Å². The summed E-state index contributed by atoms with van der Waals surface area (Å²) in [5.41, 5.74) is 1.86. The fourth-order valence-electron chi connectivity index (χ4n) is 1.33. The van der Waals surface area contributed by atoms with Gasteiger partial charge in [-0.05, 0) is 6.07 Å². The summed E-state index contributed by atoms with van der Waals surface area (Å²) in [6.07, 6.45) is 5.21. The van der Waals surface area contributed by atoms with Gasteiger partial charge in [0.1, 0.15) is 5.58 Å². The quantitative estimate of drug-likeness (QED) is 0.758. The third kappa shape index (κ3) is 1.48. The van der Waals surface area contributed by atoms with Crippen molar-refractivity contribution < 1.29 is 9.52 Å². The van der Waals surface area contributed by atoms with Crippen LogP contribution in [0.4, 0.5) is 0 Å². The van der Waals surface area contributed by atoms with Crippen LogP contribution < -0.4 is 0 Å². The molecule has 1 N–H and O–H groups in total. The summed E-state index contributed by atoms with van der Waals surface area (Å²) < 4.78 is 5.31. The van der Waals surface area contributed by atoms with Crippen LogP contribution in [0.2, 0.25) is 0 Å². The second kappa shape index (κ2) is 3.46. The first-order chi connectivity index (χ1) is 6.42. The van der Waals surface area contributed by atoms with Gasteiger partial charge in [0.05, 0.1) is 12.9 Å². The number of benzene rings is 1. The maximum Gasteiger partial charge on any atom is 0.141 e. The SMILES string of the molecule is OC/C=C/c1cccc2ccoc12. The molecule has 1 heterocycles. The van der Waals surface area contributed by atoms with E-state index in [1.54, 1.807) is 12.3 Å². The average molecular weight is 174 g/mol. The molecule has 1 aromatic heterocycles. The van der Waals surface area contributed by atoms with Gasteiger partial charge >= 0.3 is 0 Å². The van der Waals surface area contributed by atoms with Crippen LogP contribution in [0, 0.1) is 0 Å². The molecule has 0 atom stereocenters. The highest BCUT2D eigenvalue weighted by Crippen LogP contribution is 2.20. The smallest absolute Gasteiger partial charge is 0.141 e. The van der Waals surface area contributed by atoms with Gasteiger partial charge in [-0.15, -0.1) is 0 Å². The topological polar surface area (TPSA) is 33.4 Å². The molecular formula is C11H10O2. The fourth-order valence-corrected chi connectivity index (χ4v) is 1.33. The molecule has 0 saturated heterocycles. The predicted molar refractivity (Wildman–Crippen MR) is 52.3 cm³/mol. The third-order valence-corrected chi connectivity index (χ3v) is 1.91. The Balaban J connectivity index is 2.54. The van der Waals surface area contributed by atoms with Gasteiger partial charge < -0.3 is 9.52 Å². The van der Waals surface area contributed by atoms with E-state index in [0.29, 0.717) is 0 Å². The lowest BCUT2D eigenvalue weighted by molar-refractivity contribution is 0.343. The molecule has 2 aromatic rings. The number of hydrogen-bond donors (Lipinski definition) is 1. The minimum atomic E-state index is 0.0527. The minimum absolute atomic E-state index is 0.0527. The molecule has 0 aliphatic heterocycles. The zero-order chi connectivity index (χ0) is 9.10.